The summed E-state index contributed by atoms with van der Waals surface area (Å²) in [4.78, 5) is 7.51. The maximum absolute atomic E-state index is 6.12. The average molecular weight is 391 g/mol. The molecule has 4 rings (SSSR count). The van der Waals surface area contributed by atoms with Crippen LogP contribution in [0.4, 0.5) is 5.69 Å². The van der Waals surface area contributed by atoms with Gasteiger partial charge in [-0.2, -0.15) is 0 Å². The van der Waals surface area contributed by atoms with Gasteiger partial charge in [0, 0.05) is 30.0 Å². The summed E-state index contributed by atoms with van der Waals surface area (Å²) in [7, 11) is 2.26. The van der Waals surface area contributed by atoms with Crippen LogP contribution in [-0.4, -0.2) is 27.4 Å². The Balaban J connectivity index is 1.74. The van der Waals surface area contributed by atoms with E-state index in [-0.39, 0.29) is 5.41 Å². The fourth-order valence-electron chi connectivity index (χ4n) is 4.51. The Bertz CT molecular complexity index is 972. The molecule has 1 aliphatic carbocycles. The third-order valence-corrected chi connectivity index (χ3v) is 6.36. The van der Waals surface area contributed by atoms with Crippen molar-refractivity contribution in [1.82, 2.24) is 14.3 Å². The second-order valence-corrected chi connectivity index (χ2v) is 9.63. The Labute approximate surface area is 174 Å². The third kappa shape index (κ3) is 4.18. The minimum Gasteiger partial charge on any atom is -0.398 e. The van der Waals surface area contributed by atoms with Crippen molar-refractivity contribution in [2.75, 3.05) is 12.8 Å². The molecule has 0 saturated heterocycles. The predicted octanol–water partition coefficient (Wildman–Crippen LogP) is 5.65. The number of hydrogen-bond acceptors (Lipinski definition) is 3. The zero-order valence-electron chi connectivity index (χ0n) is 18.3. The normalized spacial score (nSPS) is 16.0. The van der Waals surface area contributed by atoms with Gasteiger partial charge in [-0.1, -0.05) is 64.3 Å². The number of rotatable bonds is 4. The van der Waals surface area contributed by atoms with Gasteiger partial charge in [-0.3, -0.25) is 4.90 Å². The Morgan fingerprint density at radius 3 is 2.38 bits per heavy atom. The van der Waals surface area contributed by atoms with Crippen LogP contribution in [0.3, 0.4) is 0 Å². The van der Waals surface area contributed by atoms with Crippen LogP contribution in [0, 0.1) is 0 Å². The Hall–Kier alpha value is -2.33. The molecule has 1 aliphatic rings. The van der Waals surface area contributed by atoms with Crippen molar-refractivity contribution in [2.45, 2.75) is 70.9 Å². The number of hydrogen-bond donors (Lipinski definition) is 1. The van der Waals surface area contributed by atoms with Gasteiger partial charge in [-0.05, 0) is 43.0 Å². The lowest BCUT2D eigenvalue weighted by molar-refractivity contribution is 0.182. The van der Waals surface area contributed by atoms with Crippen molar-refractivity contribution in [3.8, 4) is 11.3 Å². The second kappa shape index (κ2) is 7.83. The van der Waals surface area contributed by atoms with Crippen LogP contribution in [0.25, 0.3) is 16.9 Å². The fourth-order valence-corrected chi connectivity index (χ4v) is 4.51. The lowest BCUT2D eigenvalue weighted by atomic mass is 9.86. The molecule has 154 valence electrons. The molecule has 0 spiro atoms. The molecule has 2 aromatic heterocycles. The van der Waals surface area contributed by atoms with Crippen molar-refractivity contribution in [3.63, 3.8) is 0 Å². The highest BCUT2D eigenvalue weighted by Gasteiger charge is 2.22. The molecule has 0 atom stereocenters. The highest BCUT2D eigenvalue weighted by molar-refractivity contribution is 5.68. The largest absolute Gasteiger partial charge is 0.398 e. The SMILES string of the molecule is CN(Cc1c(-c2ccc(C(C)(C)C)cc2)nc2ccc(N)cn12)C1CCCCC1. The van der Waals surface area contributed by atoms with Crippen LogP contribution in [-0.2, 0) is 12.0 Å². The van der Waals surface area contributed by atoms with Crippen LogP contribution < -0.4 is 5.73 Å². The maximum Gasteiger partial charge on any atom is 0.137 e. The second-order valence-electron chi connectivity index (χ2n) is 9.63. The molecule has 0 amide bonds. The van der Waals surface area contributed by atoms with Crippen molar-refractivity contribution in [1.29, 1.82) is 0 Å². The lowest BCUT2D eigenvalue weighted by Crippen LogP contribution is -2.33. The summed E-state index contributed by atoms with van der Waals surface area (Å²) in [5.74, 6) is 0. The minimum atomic E-state index is 0.149. The number of pyridine rings is 1. The molecule has 2 N–H and O–H groups in total. The monoisotopic (exact) mass is 390 g/mol. The number of fused-ring (bicyclic) bond motifs is 1. The van der Waals surface area contributed by atoms with E-state index in [1.54, 1.807) is 0 Å². The summed E-state index contributed by atoms with van der Waals surface area (Å²) < 4.78 is 2.18. The first-order valence-electron chi connectivity index (χ1n) is 10.9. The molecule has 4 nitrogen and oxygen atoms in total. The van der Waals surface area contributed by atoms with E-state index < -0.39 is 0 Å². The summed E-state index contributed by atoms with van der Waals surface area (Å²) >= 11 is 0. The van der Waals surface area contributed by atoms with Crippen molar-refractivity contribution in [2.24, 2.45) is 0 Å². The molecule has 1 fully saturated rings. The summed E-state index contributed by atoms with van der Waals surface area (Å²) in [6, 6.07) is 13.5. The molecule has 1 saturated carbocycles. The van der Waals surface area contributed by atoms with Crippen molar-refractivity contribution >= 4 is 11.3 Å². The average Bonchev–Trinajstić information content (AvgIpc) is 3.05. The van der Waals surface area contributed by atoms with Gasteiger partial charge >= 0.3 is 0 Å². The molecule has 0 radical (unpaired) electrons. The molecule has 0 unspecified atom stereocenters. The summed E-state index contributed by atoms with van der Waals surface area (Å²) in [6.45, 7) is 7.63. The number of imidazole rings is 1. The number of anilines is 1. The number of nitrogen functional groups attached to an aromatic ring is 1. The van der Waals surface area contributed by atoms with Crippen LogP contribution in [0.2, 0.25) is 0 Å². The first kappa shape index (κ1) is 20.0. The third-order valence-electron chi connectivity index (χ3n) is 6.36. The maximum atomic E-state index is 6.12. The van der Waals surface area contributed by atoms with Crippen molar-refractivity contribution in [3.05, 3.63) is 53.9 Å². The Kier molecular flexibility index (Phi) is 5.39. The van der Waals surface area contributed by atoms with Gasteiger partial charge in [0.1, 0.15) is 5.65 Å². The van der Waals surface area contributed by atoms with E-state index in [1.165, 1.54) is 48.9 Å². The van der Waals surface area contributed by atoms with E-state index in [4.69, 9.17) is 10.7 Å². The molecular formula is C25H34N4. The van der Waals surface area contributed by atoms with Crippen LogP contribution in [0.1, 0.15) is 64.1 Å². The van der Waals surface area contributed by atoms with Gasteiger partial charge in [-0.15, -0.1) is 0 Å². The van der Waals surface area contributed by atoms with Gasteiger partial charge in [0.25, 0.3) is 0 Å². The highest BCUT2D eigenvalue weighted by Crippen LogP contribution is 2.31. The van der Waals surface area contributed by atoms with E-state index in [1.807, 2.05) is 18.3 Å². The van der Waals surface area contributed by atoms with Gasteiger partial charge in [0.05, 0.1) is 11.4 Å². The van der Waals surface area contributed by atoms with Crippen LogP contribution in [0.5, 0.6) is 0 Å². The molecule has 0 bridgehead atoms. The number of nitrogens with two attached hydrogens (primary N) is 1. The first-order valence-corrected chi connectivity index (χ1v) is 10.9. The smallest absolute Gasteiger partial charge is 0.137 e. The minimum absolute atomic E-state index is 0.149. The quantitative estimate of drug-likeness (QED) is 0.626. The van der Waals surface area contributed by atoms with Gasteiger partial charge in [-0.25, -0.2) is 4.98 Å². The number of nitrogens with zero attached hydrogens (tertiary/aromatic N) is 3. The fraction of sp³-hybridized carbons (Fsp3) is 0.480. The molecule has 4 heteroatoms. The highest BCUT2D eigenvalue weighted by atomic mass is 15.2. The lowest BCUT2D eigenvalue weighted by Gasteiger charge is -2.31. The molecule has 3 aromatic rings. The van der Waals surface area contributed by atoms with E-state index in [0.29, 0.717) is 6.04 Å². The zero-order valence-corrected chi connectivity index (χ0v) is 18.3. The molecule has 2 heterocycles. The van der Waals surface area contributed by atoms with Gasteiger partial charge in [0.15, 0.2) is 0 Å². The predicted molar refractivity (Wildman–Crippen MR) is 122 cm³/mol. The van der Waals surface area contributed by atoms with E-state index in [2.05, 4.69) is 61.4 Å². The molecule has 1 aromatic carbocycles. The van der Waals surface area contributed by atoms with E-state index in [0.717, 1.165) is 23.6 Å². The van der Waals surface area contributed by atoms with Crippen LogP contribution >= 0.6 is 0 Å². The van der Waals surface area contributed by atoms with E-state index >= 15 is 0 Å². The molecule has 29 heavy (non-hydrogen) atoms. The summed E-state index contributed by atoms with van der Waals surface area (Å²) in [5, 5.41) is 0. The first-order chi connectivity index (χ1) is 13.8. The number of benzene rings is 1. The molecule has 0 aliphatic heterocycles. The summed E-state index contributed by atoms with van der Waals surface area (Å²) in [6.07, 6.45) is 8.67. The van der Waals surface area contributed by atoms with E-state index in [9.17, 15) is 0 Å². The van der Waals surface area contributed by atoms with Crippen molar-refractivity contribution < 1.29 is 0 Å². The van der Waals surface area contributed by atoms with Crippen LogP contribution in [0.15, 0.2) is 42.6 Å². The Morgan fingerprint density at radius 1 is 1.03 bits per heavy atom. The number of aromatic nitrogens is 2. The van der Waals surface area contributed by atoms with Gasteiger partial charge < -0.3 is 10.1 Å². The van der Waals surface area contributed by atoms with Gasteiger partial charge in [0.2, 0.25) is 0 Å². The molecular weight excluding hydrogens is 356 g/mol. The zero-order chi connectivity index (χ0) is 20.6. The topological polar surface area (TPSA) is 46.6 Å². The standard InChI is InChI=1S/C25H34N4/c1-25(2,3)19-12-10-18(11-13-19)24-22(17-28(4)21-8-6-5-7-9-21)29-16-20(26)14-15-23(29)27-24/h10-16,21H,5-9,17,26H2,1-4H3. The Morgan fingerprint density at radius 2 is 1.72 bits per heavy atom. The summed E-state index contributed by atoms with van der Waals surface area (Å²) in [5.41, 5.74) is 12.8.